The van der Waals surface area contributed by atoms with Gasteiger partial charge in [0.15, 0.2) is 6.29 Å². The summed E-state index contributed by atoms with van der Waals surface area (Å²) in [6.45, 7) is 14.9. The van der Waals surface area contributed by atoms with Gasteiger partial charge in [-0.15, -0.1) is 0 Å². The van der Waals surface area contributed by atoms with E-state index in [1.807, 2.05) is 0 Å². The van der Waals surface area contributed by atoms with Crippen LogP contribution in [0.3, 0.4) is 0 Å². The first-order chi connectivity index (χ1) is 12.3. The van der Waals surface area contributed by atoms with E-state index in [4.69, 9.17) is 14.2 Å². The molecule has 26 heavy (non-hydrogen) atoms. The predicted octanol–water partition coefficient (Wildman–Crippen LogP) is 5.86. The lowest BCUT2D eigenvalue weighted by atomic mass is 9.81. The van der Waals surface area contributed by atoms with E-state index in [1.165, 1.54) is 5.56 Å². The fourth-order valence-electron chi connectivity index (χ4n) is 3.52. The van der Waals surface area contributed by atoms with Crippen molar-refractivity contribution in [3.05, 3.63) is 29.8 Å². The van der Waals surface area contributed by atoms with Gasteiger partial charge in [-0.05, 0) is 54.2 Å². The second-order valence-electron chi connectivity index (χ2n) is 9.21. The van der Waals surface area contributed by atoms with Gasteiger partial charge in [-0.25, -0.2) is 0 Å². The maximum atomic E-state index is 6.24. The molecule has 0 spiro atoms. The van der Waals surface area contributed by atoms with Gasteiger partial charge in [0, 0.05) is 13.0 Å². The van der Waals surface area contributed by atoms with Crippen molar-refractivity contribution >= 4 is 0 Å². The van der Waals surface area contributed by atoms with Crippen LogP contribution in [0, 0.1) is 17.3 Å². The molecule has 2 unspecified atom stereocenters. The van der Waals surface area contributed by atoms with Gasteiger partial charge in [0.05, 0.1) is 12.7 Å². The molecule has 0 saturated carbocycles. The minimum absolute atomic E-state index is 0.0374. The average molecular weight is 363 g/mol. The molecule has 1 aromatic carbocycles. The van der Waals surface area contributed by atoms with Crippen LogP contribution in [0.2, 0.25) is 0 Å². The highest BCUT2D eigenvalue weighted by Gasteiger charge is 2.36. The first-order valence-corrected chi connectivity index (χ1v) is 10.2. The van der Waals surface area contributed by atoms with E-state index in [0.29, 0.717) is 24.5 Å². The Morgan fingerprint density at radius 2 is 1.77 bits per heavy atom. The summed E-state index contributed by atoms with van der Waals surface area (Å²) in [5.41, 5.74) is 1.39. The van der Waals surface area contributed by atoms with E-state index in [-0.39, 0.29) is 11.7 Å². The standard InChI is InChI=1S/C23H38O3/c1-17(2)14-19-9-11-20(12-10-19)26-22(25-16-18(3)4)15-23(5,6)21-8-7-13-24-21/h9-12,17-18,21-22H,7-8,13-16H2,1-6H3. The van der Waals surface area contributed by atoms with E-state index >= 15 is 0 Å². The van der Waals surface area contributed by atoms with Crippen molar-refractivity contribution < 1.29 is 14.2 Å². The molecular weight excluding hydrogens is 324 g/mol. The molecule has 0 aliphatic carbocycles. The third-order valence-corrected chi connectivity index (χ3v) is 4.94. The molecule has 1 aliphatic rings. The maximum absolute atomic E-state index is 6.24. The van der Waals surface area contributed by atoms with Gasteiger partial charge in [0.2, 0.25) is 0 Å². The molecule has 0 bridgehead atoms. The van der Waals surface area contributed by atoms with E-state index in [1.54, 1.807) is 0 Å². The van der Waals surface area contributed by atoms with Crippen LogP contribution in [0.5, 0.6) is 5.75 Å². The summed E-state index contributed by atoms with van der Waals surface area (Å²) in [5, 5.41) is 0. The Morgan fingerprint density at radius 3 is 2.31 bits per heavy atom. The molecule has 1 heterocycles. The van der Waals surface area contributed by atoms with Crippen LogP contribution in [-0.4, -0.2) is 25.6 Å². The van der Waals surface area contributed by atoms with E-state index in [9.17, 15) is 0 Å². The van der Waals surface area contributed by atoms with E-state index in [0.717, 1.165) is 38.0 Å². The summed E-state index contributed by atoms with van der Waals surface area (Å²) in [6, 6.07) is 8.48. The number of rotatable bonds is 10. The molecule has 1 saturated heterocycles. The van der Waals surface area contributed by atoms with Crippen LogP contribution < -0.4 is 4.74 Å². The molecule has 0 N–H and O–H groups in total. The second kappa shape index (κ2) is 9.75. The third-order valence-electron chi connectivity index (χ3n) is 4.94. The van der Waals surface area contributed by atoms with Crippen molar-refractivity contribution in [1.29, 1.82) is 0 Å². The number of hydrogen-bond donors (Lipinski definition) is 0. The number of benzene rings is 1. The molecular formula is C23H38O3. The molecule has 2 rings (SSSR count). The fraction of sp³-hybridized carbons (Fsp3) is 0.739. The molecule has 1 aromatic rings. The van der Waals surface area contributed by atoms with Gasteiger partial charge in [-0.3, -0.25) is 0 Å². The lowest BCUT2D eigenvalue weighted by Crippen LogP contribution is -2.36. The quantitative estimate of drug-likeness (QED) is 0.488. The number of ether oxygens (including phenoxy) is 3. The van der Waals surface area contributed by atoms with Crippen molar-refractivity contribution in [2.75, 3.05) is 13.2 Å². The molecule has 2 atom stereocenters. The summed E-state index contributed by atoms with van der Waals surface area (Å²) >= 11 is 0. The molecule has 148 valence electrons. The Bertz CT molecular complexity index is 513. The summed E-state index contributed by atoms with van der Waals surface area (Å²) in [4.78, 5) is 0. The zero-order valence-corrected chi connectivity index (χ0v) is 17.6. The summed E-state index contributed by atoms with van der Waals surface area (Å²) in [5.74, 6) is 2.03. The lowest BCUT2D eigenvalue weighted by molar-refractivity contribution is -0.124. The zero-order chi connectivity index (χ0) is 19.2. The van der Waals surface area contributed by atoms with Crippen LogP contribution >= 0.6 is 0 Å². The molecule has 0 amide bonds. The van der Waals surface area contributed by atoms with Crippen LogP contribution in [-0.2, 0) is 15.9 Å². The highest BCUT2D eigenvalue weighted by atomic mass is 16.7. The van der Waals surface area contributed by atoms with Crippen LogP contribution in [0.25, 0.3) is 0 Å². The van der Waals surface area contributed by atoms with Crippen molar-refractivity contribution in [3.63, 3.8) is 0 Å². The first-order valence-electron chi connectivity index (χ1n) is 10.2. The summed E-state index contributed by atoms with van der Waals surface area (Å²) in [7, 11) is 0. The number of hydrogen-bond acceptors (Lipinski definition) is 3. The minimum atomic E-state index is -0.243. The summed E-state index contributed by atoms with van der Waals surface area (Å²) in [6.07, 6.45) is 4.27. The Hall–Kier alpha value is -1.06. The third kappa shape index (κ3) is 6.92. The molecule has 3 nitrogen and oxygen atoms in total. The first kappa shape index (κ1) is 21.2. The average Bonchev–Trinajstić information content (AvgIpc) is 3.09. The van der Waals surface area contributed by atoms with E-state index < -0.39 is 0 Å². The maximum Gasteiger partial charge on any atom is 0.200 e. The molecule has 1 fully saturated rings. The van der Waals surface area contributed by atoms with Crippen molar-refractivity contribution in [3.8, 4) is 5.75 Å². The van der Waals surface area contributed by atoms with Gasteiger partial charge < -0.3 is 14.2 Å². The van der Waals surface area contributed by atoms with Gasteiger partial charge in [0.1, 0.15) is 5.75 Å². The second-order valence-corrected chi connectivity index (χ2v) is 9.21. The largest absolute Gasteiger partial charge is 0.465 e. The highest BCUT2D eigenvalue weighted by Crippen LogP contribution is 2.36. The van der Waals surface area contributed by atoms with Gasteiger partial charge >= 0.3 is 0 Å². The smallest absolute Gasteiger partial charge is 0.200 e. The Balaban J connectivity index is 2.01. The van der Waals surface area contributed by atoms with Crippen molar-refractivity contribution in [1.82, 2.24) is 0 Å². The van der Waals surface area contributed by atoms with Crippen molar-refractivity contribution in [2.45, 2.75) is 79.6 Å². The van der Waals surface area contributed by atoms with Gasteiger partial charge in [-0.2, -0.15) is 0 Å². The van der Waals surface area contributed by atoms with Crippen LogP contribution in [0.4, 0.5) is 0 Å². The van der Waals surface area contributed by atoms with Crippen LogP contribution in [0.15, 0.2) is 24.3 Å². The lowest BCUT2D eigenvalue weighted by Gasteiger charge is -2.34. The predicted molar refractivity (Wildman–Crippen MR) is 108 cm³/mol. The minimum Gasteiger partial charge on any atom is -0.465 e. The van der Waals surface area contributed by atoms with Gasteiger partial charge in [0.25, 0.3) is 0 Å². The van der Waals surface area contributed by atoms with Crippen molar-refractivity contribution in [2.24, 2.45) is 17.3 Å². The van der Waals surface area contributed by atoms with Gasteiger partial charge in [-0.1, -0.05) is 53.7 Å². The highest BCUT2D eigenvalue weighted by molar-refractivity contribution is 5.27. The Kier molecular flexibility index (Phi) is 7.97. The van der Waals surface area contributed by atoms with Crippen LogP contribution in [0.1, 0.15) is 66.4 Å². The fourth-order valence-corrected chi connectivity index (χ4v) is 3.52. The molecule has 0 radical (unpaired) electrons. The normalized spacial score (nSPS) is 19.3. The van der Waals surface area contributed by atoms with E-state index in [2.05, 4.69) is 65.8 Å². The monoisotopic (exact) mass is 362 g/mol. The Morgan fingerprint density at radius 1 is 1.08 bits per heavy atom. The molecule has 1 aliphatic heterocycles. The molecule has 0 aromatic heterocycles. The summed E-state index contributed by atoms with van der Waals surface area (Å²) < 4.78 is 18.3. The topological polar surface area (TPSA) is 27.7 Å². The zero-order valence-electron chi connectivity index (χ0n) is 17.6. The SMILES string of the molecule is CC(C)COC(CC(C)(C)C1CCCO1)Oc1ccc(CC(C)C)cc1. The molecule has 3 heteroatoms. The Labute approximate surface area is 160 Å².